The van der Waals surface area contributed by atoms with Crippen LogP contribution in [0.15, 0.2) is 48.5 Å². The molecule has 1 N–H and O–H groups in total. The Balaban J connectivity index is 1.76. The fourth-order valence-electron chi connectivity index (χ4n) is 3.62. The van der Waals surface area contributed by atoms with E-state index in [4.69, 9.17) is 14.2 Å². The van der Waals surface area contributed by atoms with Gasteiger partial charge in [-0.25, -0.2) is 4.79 Å². The van der Waals surface area contributed by atoms with Crippen molar-refractivity contribution in [2.24, 2.45) is 0 Å². The van der Waals surface area contributed by atoms with Crippen LogP contribution in [0.3, 0.4) is 0 Å². The summed E-state index contributed by atoms with van der Waals surface area (Å²) in [6.07, 6.45) is 4.79. The highest BCUT2D eigenvalue weighted by Gasteiger charge is 2.24. The Hall–Kier alpha value is -3.02. The molecule has 6 nitrogen and oxygen atoms in total. The summed E-state index contributed by atoms with van der Waals surface area (Å²) < 4.78 is 16.6. The van der Waals surface area contributed by atoms with Crippen LogP contribution in [-0.2, 0) is 16.0 Å². The van der Waals surface area contributed by atoms with Crippen molar-refractivity contribution in [3.8, 4) is 11.5 Å². The Bertz CT molecular complexity index is 846. The first-order valence-corrected chi connectivity index (χ1v) is 10.5. The van der Waals surface area contributed by atoms with E-state index >= 15 is 0 Å². The van der Waals surface area contributed by atoms with E-state index in [0.29, 0.717) is 23.5 Å². The molecule has 2 aromatic rings. The van der Waals surface area contributed by atoms with E-state index in [9.17, 15) is 9.59 Å². The van der Waals surface area contributed by atoms with E-state index in [-0.39, 0.29) is 18.6 Å². The normalized spacial score (nSPS) is 14.7. The van der Waals surface area contributed by atoms with Crippen LogP contribution in [0.2, 0.25) is 0 Å². The van der Waals surface area contributed by atoms with E-state index in [2.05, 4.69) is 5.32 Å². The molecular weight excluding hydrogens is 382 g/mol. The summed E-state index contributed by atoms with van der Waals surface area (Å²) in [5, 5.41) is 2.81. The second-order valence-corrected chi connectivity index (χ2v) is 7.36. The van der Waals surface area contributed by atoms with Gasteiger partial charge in [-0.1, -0.05) is 30.3 Å². The van der Waals surface area contributed by atoms with Gasteiger partial charge in [-0.15, -0.1) is 0 Å². The topological polar surface area (TPSA) is 73.9 Å². The van der Waals surface area contributed by atoms with Crippen molar-refractivity contribution in [1.82, 2.24) is 5.32 Å². The van der Waals surface area contributed by atoms with Crippen molar-refractivity contribution < 1.29 is 23.8 Å². The molecule has 1 fully saturated rings. The lowest BCUT2D eigenvalue weighted by Crippen LogP contribution is -2.43. The second kappa shape index (κ2) is 10.7. The van der Waals surface area contributed by atoms with Crippen LogP contribution in [0.5, 0.6) is 11.5 Å². The van der Waals surface area contributed by atoms with E-state index < -0.39 is 12.0 Å². The van der Waals surface area contributed by atoms with E-state index in [1.165, 1.54) is 0 Å². The van der Waals surface area contributed by atoms with Gasteiger partial charge in [-0.3, -0.25) is 4.79 Å². The maximum Gasteiger partial charge on any atom is 0.328 e. The number of hydrogen-bond donors (Lipinski definition) is 1. The SMILES string of the molecule is CCOC(=O)[C@H](Cc1ccccc1)NC(=O)c1ccc(OC)c(OC2CCCC2)c1. The standard InChI is InChI=1S/C24H29NO5/c1-3-29-24(27)20(15-17-9-5-4-6-10-17)25-23(26)18-13-14-21(28-2)22(16-18)30-19-11-7-8-12-19/h4-6,9-10,13-14,16,19-20H,3,7-8,11-12,15H2,1-2H3,(H,25,26)/t20-/m0/s1. The third-order valence-electron chi connectivity index (χ3n) is 5.18. The molecule has 1 amide bonds. The van der Waals surface area contributed by atoms with Crippen molar-refractivity contribution in [3.05, 3.63) is 59.7 Å². The molecule has 0 heterocycles. The summed E-state index contributed by atoms with van der Waals surface area (Å²) in [4.78, 5) is 25.4. The summed E-state index contributed by atoms with van der Waals surface area (Å²) in [6.45, 7) is 2.00. The number of ether oxygens (including phenoxy) is 3. The zero-order valence-electron chi connectivity index (χ0n) is 17.6. The monoisotopic (exact) mass is 411 g/mol. The molecule has 3 rings (SSSR count). The minimum atomic E-state index is -0.777. The Morgan fingerprint density at radius 2 is 1.80 bits per heavy atom. The average Bonchev–Trinajstić information content (AvgIpc) is 3.27. The molecule has 160 valence electrons. The third kappa shape index (κ3) is 5.75. The summed E-state index contributed by atoms with van der Waals surface area (Å²) >= 11 is 0. The van der Waals surface area contributed by atoms with Crippen LogP contribution in [0, 0.1) is 0 Å². The fraction of sp³-hybridized carbons (Fsp3) is 0.417. The summed E-state index contributed by atoms with van der Waals surface area (Å²) in [5.74, 6) is 0.325. The minimum absolute atomic E-state index is 0.141. The molecule has 0 spiro atoms. The first-order chi connectivity index (χ1) is 14.6. The van der Waals surface area contributed by atoms with Gasteiger partial charge in [0.25, 0.3) is 5.91 Å². The number of esters is 1. The molecule has 6 heteroatoms. The summed E-state index contributed by atoms with van der Waals surface area (Å²) in [6, 6.07) is 13.8. The lowest BCUT2D eigenvalue weighted by atomic mass is 10.1. The number of amides is 1. The van der Waals surface area contributed by atoms with Gasteiger partial charge in [0.1, 0.15) is 6.04 Å². The number of nitrogens with one attached hydrogen (secondary N) is 1. The number of carbonyl (C=O) groups excluding carboxylic acids is 2. The van der Waals surface area contributed by atoms with E-state index in [1.807, 2.05) is 30.3 Å². The number of rotatable bonds is 9. The van der Waals surface area contributed by atoms with Crippen LogP contribution in [0.1, 0.15) is 48.5 Å². The molecule has 0 bridgehead atoms. The fourth-order valence-corrected chi connectivity index (χ4v) is 3.62. The Morgan fingerprint density at radius 1 is 1.07 bits per heavy atom. The maximum atomic E-state index is 12.9. The molecule has 1 aliphatic carbocycles. The van der Waals surface area contributed by atoms with Gasteiger partial charge in [-0.2, -0.15) is 0 Å². The molecule has 30 heavy (non-hydrogen) atoms. The third-order valence-corrected chi connectivity index (χ3v) is 5.18. The van der Waals surface area contributed by atoms with Crippen molar-refractivity contribution >= 4 is 11.9 Å². The molecule has 0 aliphatic heterocycles. The van der Waals surface area contributed by atoms with Gasteiger partial charge in [-0.05, 0) is 56.4 Å². The van der Waals surface area contributed by atoms with Crippen molar-refractivity contribution in [3.63, 3.8) is 0 Å². The molecule has 1 aliphatic rings. The quantitative estimate of drug-likeness (QED) is 0.633. The van der Waals surface area contributed by atoms with Crippen molar-refractivity contribution in [2.75, 3.05) is 13.7 Å². The molecule has 0 aromatic heterocycles. The van der Waals surface area contributed by atoms with Crippen LogP contribution in [0.4, 0.5) is 0 Å². The highest BCUT2D eigenvalue weighted by atomic mass is 16.5. The van der Waals surface area contributed by atoms with Gasteiger partial charge in [0.2, 0.25) is 0 Å². The smallest absolute Gasteiger partial charge is 0.328 e. The molecule has 1 saturated carbocycles. The van der Waals surface area contributed by atoms with E-state index in [0.717, 1.165) is 31.2 Å². The van der Waals surface area contributed by atoms with Gasteiger partial charge in [0, 0.05) is 12.0 Å². The highest BCUT2D eigenvalue weighted by molar-refractivity contribution is 5.97. The average molecular weight is 411 g/mol. The molecule has 0 saturated heterocycles. The number of hydrogen-bond acceptors (Lipinski definition) is 5. The Morgan fingerprint density at radius 3 is 2.47 bits per heavy atom. The zero-order valence-corrected chi connectivity index (χ0v) is 17.6. The van der Waals surface area contributed by atoms with E-state index in [1.54, 1.807) is 32.2 Å². The molecule has 1 atom stereocenters. The number of carbonyl (C=O) groups is 2. The Labute approximate surface area is 177 Å². The Kier molecular flexibility index (Phi) is 7.71. The number of benzene rings is 2. The first kappa shape index (κ1) is 21.7. The first-order valence-electron chi connectivity index (χ1n) is 10.5. The van der Waals surface area contributed by atoms with Crippen molar-refractivity contribution in [2.45, 2.75) is 51.2 Å². The summed E-state index contributed by atoms with van der Waals surface area (Å²) in [7, 11) is 1.58. The van der Waals surface area contributed by atoms with Gasteiger partial charge >= 0.3 is 5.97 Å². The predicted octanol–water partition coefficient (Wildman–Crippen LogP) is 3.92. The largest absolute Gasteiger partial charge is 0.493 e. The van der Waals surface area contributed by atoms with Crippen LogP contribution < -0.4 is 14.8 Å². The summed E-state index contributed by atoms with van der Waals surface area (Å²) in [5.41, 5.74) is 1.35. The van der Waals surface area contributed by atoms with Gasteiger partial charge in [0.05, 0.1) is 19.8 Å². The molecular formula is C24H29NO5. The van der Waals surface area contributed by atoms with Gasteiger partial charge < -0.3 is 19.5 Å². The lowest BCUT2D eigenvalue weighted by molar-refractivity contribution is -0.145. The van der Waals surface area contributed by atoms with Crippen LogP contribution in [-0.4, -0.2) is 37.7 Å². The predicted molar refractivity (Wildman–Crippen MR) is 114 cm³/mol. The van der Waals surface area contributed by atoms with Crippen molar-refractivity contribution in [1.29, 1.82) is 0 Å². The lowest BCUT2D eigenvalue weighted by Gasteiger charge is -2.19. The minimum Gasteiger partial charge on any atom is -0.493 e. The highest BCUT2D eigenvalue weighted by Crippen LogP contribution is 2.32. The maximum absolute atomic E-state index is 12.9. The zero-order chi connectivity index (χ0) is 21.3. The molecule has 0 unspecified atom stereocenters. The molecule has 0 radical (unpaired) electrons. The van der Waals surface area contributed by atoms with Crippen LogP contribution >= 0.6 is 0 Å². The molecule has 2 aromatic carbocycles. The number of methoxy groups -OCH3 is 1. The van der Waals surface area contributed by atoms with Crippen LogP contribution in [0.25, 0.3) is 0 Å². The van der Waals surface area contributed by atoms with Gasteiger partial charge in [0.15, 0.2) is 11.5 Å². The second-order valence-electron chi connectivity index (χ2n) is 7.36.